The van der Waals surface area contributed by atoms with Crippen LogP contribution in [-0.4, -0.2) is 49.0 Å². The van der Waals surface area contributed by atoms with Gasteiger partial charge >= 0.3 is 0 Å². The predicted molar refractivity (Wildman–Crippen MR) is 124 cm³/mol. The molecule has 1 aliphatic rings. The number of fused-ring (bicyclic) bond motifs is 1. The number of rotatable bonds is 7. The molecule has 2 aromatic carbocycles. The Morgan fingerprint density at radius 2 is 1.75 bits per heavy atom. The summed E-state index contributed by atoms with van der Waals surface area (Å²) < 4.78 is 10.9. The van der Waals surface area contributed by atoms with Gasteiger partial charge in [0.2, 0.25) is 0 Å². The molecule has 2 aromatic rings. The van der Waals surface area contributed by atoms with Crippen LogP contribution in [0.5, 0.6) is 11.5 Å². The van der Waals surface area contributed by atoms with Gasteiger partial charge in [-0.05, 0) is 54.8 Å². The molecular weight excluding hydrogens is 477 g/mol. The van der Waals surface area contributed by atoms with E-state index in [4.69, 9.17) is 32.7 Å². The van der Waals surface area contributed by atoms with Crippen LogP contribution in [0.3, 0.4) is 0 Å². The summed E-state index contributed by atoms with van der Waals surface area (Å²) in [5, 5.41) is 3.22. The van der Waals surface area contributed by atoms with Crippen LogP contribution in [0.2, 0.25) is 10.0 Å². The number of thioether (sulfide) groups is 1. The molecule has 170 valence electrons. The van der Waals surface area contributed by atoms with E-state index >= 15 is 0 Å². The lowest BCUT2D eigenvalue weighted by Gasteiger charge is -2.20. The number of hydrogen-bond donors (Lipinski definition) is 3. The van der Waals surface area contributed by atoms with Gasteiger partial charge in [-0.25, -0.2) is 0 Å². The third-order valence-corrected chi connectivity index (χ3v) is 5.70. The second-order valence-electron chi connectivity index (χ2n) is 6.73. The molecule has 32 heavy (non-hydrogen) atoms. The van der Waals surface area contributed by atoms with E-state index in [-0.39, 0.29) is 16.1 Å². The Kier molecular flexibility index (Phi) is 8.49. The van der Waals surface area contributed by atoms with Gasteiger partial charge in [-0.1, -0.05) is 23.2 Å². The number of carbonyl (C=O) groups is 3. The summed E-state index contributed by atoms with van der Waals surface area (Å²) in [6.45, 7) is 0.836. The van der Waals surface area contributed by atoms with E-state index in [0.29, 0.717) is 41.9 Å². The van der Waals surface area contributed by atoms with Gasteiger partial charge in [0.05, 0.1) is 10.6 Å². The zero-order chi connectivity index (χ0) is 23.1. The van der Waals surface area contributed by atoms with Crippen LogP contribution >= 0.6 is 35.0 Å². The summed E-state index contributed by atoms with van der Waals surface area (Å²) >= 11 is 13.5. The highest BCUT2D eigenvalue weighted by Gasteiger charge is 2.23. The number of carbonyl (C=O) groups excluding carboxylic acids is 3. The first kappa shape index (κ1) is 24.0. The molecule has 3 N–H and O–H groups in total. The summed E-state index contributed by atoms with van der Waals surface area (Å²) in [4.78, 5) is 37.7. The Hall–Kier alpha value is -2.62. The average molecular weight is 498 g/mol. The molecule has 0 fully saturated rings. The lowest BCUT2D eigenvalue weighted by atomic mass is 10.1. The van der Waals surface area contributed by atoms with E-state index in [1.807, 2.05) is 6.26 Å². The zero-order valence-corrected chi connectivity index (χ0v) is 19.4. The molecule has 1 atom stereocenters. The van der Waals surface area contributed by atoms with Crippen molar-refractivity contribution in [2.45, 2.75) is 12.5 Å². The van der Waals surface area contributed by atoms with Crippen molar-refractivity contribution in [3.63, 3.8) is 0 Å². The maximum absolute atomic E-state index is 12.7. The number of nitrogens with one attached hydrogen (secondary N) is 3. The number of amides is 3. The van der Waals surface area contributed by atoms with E-state index in [1.165, 1.54) is 36.0 Å². The van der Waals surface area contributed by atoms with E-state index in [0.717, 1.165) is 0 Å². The van der Waals surface area contributed by atoms with Gasteiger partial charge in [0, 0.05) is 10.6 Å². The van der Waals surface area contributed by atoms with Crippen molar-refractivity contribution < 1.29 is 23.9 Å². The minimum atomic E-state index is -0.887. The maximum atomic E-state index is 12.7. The van der Waals surface area contributed by atoms with Gasteiger partial charge in [0.1, 0.15) is 19.3 Å². The largest absolute Gasteiger partial charge is 0.486 e. The summed E-state index contributed by atoms with van der Waals surface area (Å²) in [6.07, 6.45) is 2.24. The summed E-state index contributed by atoms with van der Waals surface area (Å²) in [6, 6.07) is 8.29. The molecule has 1 unspecified atom stereocenters. The third kappa shape index (κ3) is 6.21. The van der Waals surface area contributed by atoms with Gasteiger partial charge in [-0.3, -0.25) is 25.2 Å². The molecule has 11 heteroatoms. The molecule has 0 saturated carbocycles. The minimum absolute atomic E-state index is 0.172. The molecule has 1 heterocycles. The molecule has 0 aliphatic carbocycles. The molecule has 0 radical (unpaired) electrons. The molecule has 0 bridgehead atoms. The van der Waals surface area contributed by atoms with Crippen LogP contribution in [0, 0.1) is 0 Å². The Morgan fingerprint density at radius 3 is 2.47 bits per heavy atom. The first-order chi connectivity index (χ1) is 15.4. The van der Waals surface area contributed by atoms with Crippen LogP contribution in [0.1, 0.15) is 27.1 Å². The number of hydrogen-bond acceptors (Lipinski definition) is 6. The minimum Gasteiger partial charge on any atom is -0.486 e. The second kappa shape index (κ2) is 11.3. The first-order valence-electron chi connectivity index (χ1n) is 9.63. The predicted octanol–water partition coefficient (Wildman–Crippen LogP) is 3.08. The van der Waals surface area contributed by atoms with Crippen molar-refractivity contribution in [2.24, 2.45) is 0 Å². The molecule has 3 rings (SSSR count). The molecule has 8 nitrogen and oxygen atoms in total. The van der Waals surface area contributed by atoms with Gasteiger partial charge < -0.3 is 14.8 Å². The number of benzene rings is 2. The van der Waals surface area contributed by atoms with Crippen LogP contribution in [-0.2, 0) is 4.79 Å². The Balaban J connectivity index is 1.62. The number of ether oxygens (including phenoxy) is 2. The zero-order valence-electron chi connectivity index (χ0n) is 17.1. The Bertz CT molecular complexity index is 1020. The van der Waals surface area contributed by atoms with Crippen molar-refractivity contribution in [1.82, 2.24) is 16.2 Å². The smallest absolute Gasteiger partial charge is 0.269 e. The SMILES string of the molecule is CSCCC(NC(=O)c1ccc(Cl)cc1Cl)C(=O)NNC(=O)c1ccc2c(c1)OCCO2. The van der Waals surface area contributed by atoms with Crippen molar-refractivity contribution in [2.75, 3.05) is 25.2 Å². The van der Waals surface area contributed by atoms with Gasteiger partial charge in [-0.2, -0.15) is 11.8 Å². The van der Waals surface area contributed by atoms with E-state index in [1.54, 1.807) is 12.1 Å². The highest BCUT2D eigenvalue weighted by atomic mass is 35.5. The lowest BCUT2D eigenvalue weighted by molar-refractivity contribution is -0.123. The fourth-order valence-corrected chi connectivity index (χ4v) is 3.84. The molecule has 0 aromatic heterocycles. The van der Waals surface area contributed by atoms with Gasteiger partial charge in [0.15, 0.2) is 11.5 Å². The Morgan fingerprint density at radius 1 is 1.00 bits per heavy atom. The monoisotopic (exact) mass is 497 g/mol. The van der Waals surface area contributed by atoms with Crippen molar-refractivity contribution in [3.05, 3.63) is 57.6 Å². The maximum Gasteiger partial charge on any atom is 0.269 e. The second-order valence-corrected chi connectivity index (χ2v) is 8.56. The normalized spacial score (nSPS) is 13.1. The fourth-order valence-electron chi connectivity index (χ4n) is 2.88. The van der Waals surface area contributed by atoms with Crippen LogP contribution in [0.4, 0.5) is 0 Å². The van der Waals surface area contributed by atoms with Crippen LogP contribution in [0.15, 0.2) is 36.4 Å². The standard InChI is InChI=1S/C21H21Cl2N3O5S/c1-32-9-6-16(24-20(28)14-4-3-13(22)11-15(14)23)21(29)26-25-19(27)12-2-5-17-18(10-12)31-8-7-30-17/h2-5,10-11,16H,6-9H2,1H3,(H,24,28)(H,25,27)(H,26,29). The van der Waals surface area contributed by atoms with E-state index in [9.17, 15) is 14.4 Å². The molecule has 1 aliphatic heterocycles. The molecular formula is C21H21Cl2N3O5S. The molecule has 0 spiro atoms. The highest BCUT2D eigenvalue weighted by Crippen LogP contribution is 2.30. The summed E-state index contributed by atoms with van der Waals surface area (Å²) in [5.41, 5.74) is 5.20. The number of hydrazine groups is 1. The summed E-state index contributed by atoms with van der Waals surface area (Å²) in [5.74, 6) is 0.00113. The van der Waals surface area contributed by atoms with Crippen molar-refractivity contribution in [3.8, 4) is 11.5 Å². The van der Waals surface area contributed by atoms with E-state index < -0.39 is 23.8 Å². The number of halogens is 2. The quantitative estimate of drug-likeness (QED) is 0.507. The van der Waals surface area contributed by atoms with Gasteiger partial charge in [-0.15, -0.1) is 0 Å². The Labute approximate surface area is 199 Å². The summed E-state index contributed by atoms with van der Waals surface area (Å²) in [7, 11) is 0. The van der Waals surface area contributed by atoms with E-state index in [2.05, 4.69) is 16.2 Å². The van der Waals surface area contributed by atoms with Crippen molar-refractivity contribution in [1.29, 1.82) is 0 Å². The third-order valence-electron chi connectivity index (χ3n) is 4.51. The molecule has 0 saturated heterocycles. The van der Waals surface area contributed by atoms with Gasteiger partial charge in [0.25, 0.3) is 17.7 Å². The average Bonchev–Trinajstić information content (AvgIpc) is 2.79. The fraction of sp³-hybridized carbons (Fsp3) is 0.286. The first-order valence-corrected chi connectivity index (χ1v) is 11.8. The molecule has 3 amide bonds. The highest BCUT2D eigenvalue weighted by molar-refractivity contribution is 7.98. The lowest BCUT2D eigenvalue weighted by Crippen LogP contribution is -2.52. The topological polar surface area (TPSA) is 106 Å². The van der Waals surface area contributed by atoms with Crippen molar-refractivity contribution >= 4 is 52.7 Å². The van der Waals surface area contributed by atoms with Crippen LogP contribution < -0.4 is 25.6 Å². The van der Waals surface area contributed by atoms with Crippen LogP contribution in [0.25, 0.3) is 0 Å².